The molecular formula is C22H24ClN3O5S. The Morgan fingerprint density at radius 1 is 1.22 bits per heavy atom. The number of carbonyl (C=O) groups excluding carboxylic acids is 2. The zero-order valence-corrected chi connectivity index (χ0v) is 19.1. The van der Waals surface area contributed by atoms with Gasteiger partial charge in [-0.25, -0.2) is 8.42 Å². The summed E-state index contributed by atoms with van der Waals surface area (Å²) in [5.41, 5.74) is 1.94. The summed E-state index contributed by atoms with van der Waals surface area (Å²) in [5, 5.41) is 6.24. The lowest BCUT2D eigenvalue weighted by Gasteiger charge is -2.31. The number of benzene rings is 2. The number of nitrogens with zero attached hydrogens (tertiary/aromatic N) is 1. The highest BCUT2D eigenvalue weighted by molar-refractivity contribution is 7.89. The van der Waals surface area contributed by atoms with Crippen LogP contribution in [0.3, 0.4) is 0 Å². The van der Waals surface area contributed by atoms with Crippen molar-refractivity contribution < 1.29 is 22.7 Å². The fourth-order valence-electron chi connectivity index (χ4n) is 3.93. The molecule has 10 heteroatoms. The van der Waals surface area contributed by atoms with Gasteiger partial charge in [-0.05, 0) is 49.1 Å². The summed E-state index contributed by atoms with van der Waals surface area (Å²) in [7, 11) is -3.75. The van der Waals surface area contributed by atoms with E-state index in [-0.39, 0.29) is 42.3 Å². The van der Waals surface area contributed by atoms with Crippen molar-refractivity contribution in [3.63, 3.8) is 0 Å². The zero-order chi connectivity index (χ0) is 22.9. The second kappa shape index (κ2) is 9.09. The number of nitrogens with one attached hydrogen (secondary N) is 2. The van der Waals surface area contributed by atoms with Crippen molar-refractivity contribution in [3.05, 3.63) is 52.5 Å². The lowest BCUT2D eigenvalue weighted by molar-refractivity contribution is -0.126. The SMILES string of the molecule is Cc1cc2c(cc1S(=O)(=O)N1CCC(C(=O)NCc3ccc(Cl)cc3)CC1)OCC(=O)N2. The van der Waals surface area contributed by atoms with Crippen LogP contribution in [0.1, 0.15) is 24.0 Å². The van der Waals surface area contributed by atoms with Crippen molar-refractivity contribution in [2.75, 3.05) is 25.0 Å². The molecule has 0 radical (unpaired) electrons. The molecule has 4 rings (SSSR count). The van der Waals surface area contributed by atoms with Gasteiger partial charge in [-0.3, -0.25) is 9.59 Å². The van der Waals surface area contributed by atoms with Crippen LogP contribution in [0.25, 0.3) is 0 Å². The van der Waals surface area contributed by atoms with E-state index < -0.39 is 10.0 Å². The van der Waals surface area contributed by atoms with Crippen LogP contribution in [0, 0.1) is 12.8 Å². The van der Waals surface area contributed by atoms with Gasteiger partial charge >= 0.3 is 0 Å². The van der Waals surface area contributed by atoms with E-state index in [1.54, 1.807) is 25.1 Å². The normalized spacial score (nSPS) is 17.2. The van der Waals surface area contributed by atoms with E-state index in [1.807, 2.05) is 12.1 Å². The van der Waals surface area contributed by atoms with Crippen LogP contribution in [-0.4, -0.2) is 44.2 Å². The maximum absolute atomic E-state index is 13.2. The van der Waals surface area contributed by atoms with Crippen molar-refractivity contribution in [1.82, 2.24) is 9.62 Å². The van der Waals surface area contributed by atoms with Gasteiger partial charge in [0.1, 0.15) is 5.75 Å². The maximum atomic E-state index is 13.2. The summed E-state index contributed by atoms with van der Waals surface area (Å²) in [6, 6.07) is 10.3. The summed E-state index contributed by atoms with van der Waals surface area (Å²) in [5.74, 6) is -0.253. The number of amides is 2. The molecule has 1 saturated heterocycles. The molecule has 0 bridgehead atoms. The molecule has 0 atom stereocenters. The molecule has 2 N–H and O–H groups in total. The molecule has 0 spiro atoms. The van der Waals surface area contributed by atoms with Crippen LogP contribution in [0.5, 0.6) is 5.75 Å². The quantitative estimate of drug-likeness (QED) is 0.689. The van der Waals surface area contributed by atoms with E-state index in [0.29, 0.717) is 41.4 Å². The summed E-state index contributed by atoms with van der Waals surface area (Å²) in [6.07, 6.45) is 0.893. The van der Waals surface area contributed by atoms with Crippen LogP contribution >= 0.6 is 11.6 Å². The molecule has 2 aliphatic heterocycles. The number of rotatable bonds is 5. The van der Waals surface area contributed by atoms with Gasteiger partial charge < -0.3 is 15.4 Å². The number of carbonyl (C=O) groups is 2. The zero-order valence-electron chi connectivity index (χ0n) is 17.6. The van der Waals surface area contributed by atoms with Gasteiger partial charge in [0.2, 0.25) is 15.9 Å². The van der Waals surface area contributed by atoms with Gasteiger partial charge in [-0.15, -0.1) is 0 Å². The monoisotopic (exact) mass is 477 g/mol. The van der Waals surface area contributed by atoms with Crippen LogP contribution < -0.4 is 15.4 Å². The third kappa shape index (κ3) is 4.74. The molecule has 2 aromatic rings. The maximum Gasteiger partial charge on any atom is 0.262 e. The smallest absolute Gasteiger partial charge is 0.262 e. The van der Waals surface area contributed by atoms with Gasteiger partial charge in [0.15, 0.2) is 6.61 Å². The Morgan fingerprint density at radius 2 is 1.91 bits per heavy atom. The average molecular weight is 478 g/mol. The Balaban J connectivity index is 1.38. The number of piperidine rings is 1. The first kappa shape index (κ1) is 22.6. The molecule has 1 fully saturated rings. The molecule has 8 nitrogen and oxygen atoms in total. The number of ether oxygens (including phenoxy) is 1. The number of anilines is 1. The van der Waals surface area contributed by atoms with Gasteiger partial charge in [0.05, 0.1) is 10.6 Å². The lowest BCUT2D eigenvalue weighted by atomic mass is 9.97. The van der Waals surface area contributed by atoms with Crippen LogP contribution in [-0.2, 0) is 26.2 Å². The Hall–Kier alpha value is -2.62. The lowest BCUT2D eigenvalue weighted by Crippen LogP contribution is -2.43. The first-order valence-corrected chi connectivity index (χ1v) is 12.2. The Morgan fingerprint density at radius 3 is 2.59 bits per heavy atom. The van der Waals surface area contributed by atoms with Crippen molar-refractivity contribution in [3.8, 4) is 5.75 Å². The van der Waals surface area contributed by atoms with Crippen LogP contribution in [0.15, 0.2) is 41.3 Å². The molecule has 32 heavy (non-hydrogen) atoms. The van der Waals surface area contributed by atoms with E-state index in [4.69, 9.17) is 16.3 Å². The third-order valence-corrected chi connectivity index (χ3v) is 8.03. The molecule has 2 heterocycles. The third-order valence-electron chi connectivity index (χ3n) is 5.73. The number of hydrogen-bond acceptors (Lipinski definition) is 5. The molecule has 0 unspecified atom stereocenters. The van der Waals surface area contributed by atoms with Crippen LogP contribution in [0.4, 0.5) is 5.69 Å². The molecule has 0 aliphatic carbocycles. The van der Waals surface area contributed by atoms with E-state index in [1.165, 1.54) is 10.4 Å². The number of sulfonamides is 1. The van der Waals surface area contributed by atoms with Gasteiger partial charge in [0.25, 0.3) is 5.91 Å². The number of hydrogen-bond donors (Lipinski definition) is 2. The summed E-state index contributed by atoms with van der Waals surface area (Å²) in [6.45, 7) is 2.46. The number of aryl methyl sites for hydroxylation is 1. The minimum Gasteiger partial charge on any atom is -0.482 e. The highest BCUT2D eigenvalue weighted by atomic mass is 35.5. The van der Waals surface area contributed by atoms with Crippen LogP contribution in [0.2, 0.25) is 5.02 Å². The average Bonchev–Trinajstić information content (AvgIpc) is 2.78. The van der Waals surface area contributed by atoms with Crippen molar-refractivity contribution in [2.24, 2.45) is 5.92 Å². The first-order chi connectivity index (χ1) is 15.2. The summed E-state index contributed by atoms with van der Waals surface area (Å²) < 4.78 is 33.3. The van der Waals surface area contributed by atoms with Gasteiger partial charge in [0, 0.05) is 36.6 Å². The predicted molar refractivity (Wildman–Crippen MR) is 120 cm³/mol. The van der Waals surface area contributed by atoms with E-state index >= 15 is 0 Å². The standard InChI is InChI=1S/C22H24ClN3O5S/c1-14-10-18-19(31-13-21(27)25-18)11-20(14)32(29,30)26-8-6-16(7-9-26)22(28)24-12-15-2-4-17(23)5-3-15/h2-5,10-11,16H,6-9,12-13H2,1H3,(H,24,28)(H,25,27). The Labute approximate surface area is 191 Å². The topological polar surface area (TPSA) is 105 Å². The van der Waals surface area contributed by atoms with Crippen molar-refractivity contribution in [2.45, 2.75) is 31.2 Å². The second-order valence-electron chi connectivity index (χ2n) is 7.97. The van der Waals surface area contributed by atoms with E-state index in [2.05, 4.69) is 10.6 Å². The molecular weight excluding hydrogens is 454 g/mol. The Kier molecular flexibility index (Phi) is 6.41. The minimum atomic E-state index is -3.75. The molecule has 170 valence electrons. The fourth-order valence-corrected chi connectivity index (χ4v) is 5.74. The summed E-state index contributed by atoms with van der Waals surface area (Å²) in [4.78, 5) is 24.2. The van der Waals surface area contributed by atoms with Gasteiger partial charge in [-0.1, -0.05) is 23.7 Å². The first-order valence-electron chi connectivity index (χ1n) is 10.3. The molecule has 0 aromatic heterocycles. The van der Waals surface area contributed by atoms with E-state index in [9.17, 15) is 18.0 Å². The largest absolute Gasteiger partial charge is 0.482 e. The highest BCUT2D eigenvalue weighted by Gasteiger charge is 2.34. The van der Waals surface area contributed by atoms with E-state index in [0.717, 1.165) is 5.56 Å². The number of fused-ring (bicyclic) bond motifs is 1. The van der Waals surface area contributed by atoms with Crippen molar-refractivity contribution in [1.29, 1.82) is 0 Å². The Bertz CT molecular complexity index is 1140. The van der Waals surface area contributed by atoms with Gasteiger partial charge in [-0.2, -0.15) is 4.31 Å². The van der Waals surface area contributed by atoms with Crippen molar-refractivity contribution >= 4 is 39.1 Å². The predicted octanol–water partition coefficient (Wildman–Crippen LogP) is 2.70. The highest BCUT2D eigenvalue weighted by Crippen LogP contribution is 2.35. The summed E-state index contributed by atoms with van der Waals surface area (Å²) >= 11 is 5.88. The minimum absolute atomic E-state index is 0.0777. The molecule has 2 amide bonds. The molecule has 2 aromatic carbocycles. The number of halogens is 1. The second-order valence-corrected chi connectivity index (χ2v) is 10.3. The molecule has 0 saturated carbocycles. The fraction of sp³-hybridized carbons (Fsp3) is 0.364. The molecule has 2 aliphatic rings.